The predicted octanol–water partition coefficient (Wildman–Crippen LogP) is 1.68. The maximum atomic E-state index is 11.1. The Kier molecular flexibility index (Phi) is 3.17. The van der Waals surface area contributed by atoms with Crippen LogP contribution in [0.1, 0.15) is 20.3 Å². The molecular weight excluding hydrogens is 230 g/mol. The fraction of sp³-hybridized carbons (Fsp3) is 0.462. The van der Waals surface area contributed by atoms with Crippen LogP contribution in [0.5, 0.6) is 0 Å². The number of rotatable bonds is 4. The Morgan fingerprint density at radius 3 is 2.83 bits per heavy atom. The second-order valence-corrected chi connectivity index (χ2v) is 5.11. The summed E-state index contributed by atoms with van der Waals surface area (Å²) in [6, 6.07) is 5.66. The van der Waals surface area contributed by atoms with Crippen molar-refractivity contribution < 1.29 is 4.42 Å². The van der Waals surface area contributed by atoms with Crippen LogP contribution in [-0.4, -0.2) is 24.1 Å². The molecule has 0 aliphatic rings. The van der Waals surface area contributed by atoms with Gasteiger partial charge in [-0.15, -0.1) is 0 Å². The van der Waals surface area contributed by atoms with Gasteiger partial charge in [0.25, 0.3) is 0 Å². The van der Waals surface area contributed by atoms with Crippen LogP contribution in [0, 0.1) is 0 Å². The third kappa shape index (κ3) is 2.26. The average Bonchev–Trinajstić information content (AvgIpc) is 2.66. The highest BCUT2D eigenvalue weighted by atomic mass is 16.4. The summed E-state index contributed by atoms with van der Waals surface area (Å²) in [4.78, 5) is 15.9. The van der Waals surface area contributed by atoms with Gasteiger partial charge in [-0.25, -0.2) is 4.79 Å². The largest absolute Gasteiger partial charge is 0.417 e. The molecule has 0 spiro atoms. The highest BCUT2D eigenvalue weighted by molar-refractivity contribution is 5.77. The number of nitrogens with two attached hydrogens (primary N) is 1. The number of H-pyrrole nitrogens is 1. The number of fused-ring (bicyclic) bond motifs is 1. The van der Waals surface area contributed by atoms with Crippen LogP contribution in [0.3, 0.4) is 0 Å². The van der Waals surface area contributed by atoms with Crippen molar-refractivity contribution in [1.29, 1.82) is 0 Å². The molecular formula is C13H19N3O2. The first-order chi connectivity index (χ1) is 8.44. The Morgan fingerprint density at radius 1 is 1.44 bits per heavy atom. The van der Waals surface area contributed by atoms with Gasteiger partial charge in [0.2, 0.25) is 0 Å². The van der Waals surface area contributed by atoms with Crippen molar-refractivity contribution in [3.05, 3.63) is 28.7 Å². The molecule has 98 valence electrons. The van der Waals surface area contributed by atoms with Gasteiger partial charge in [0.15, 0.2) is 5.58 Å². The third-order valence-corrected chi connectivity index (χ3v) is 3.45. The van der Waals surface area contributed by atoms with Gasteiger partial charge in [-0.2, -0.15) is 0 Å². The number of anilines is 1. The van der Waals surface area contributed by atoms with Gasteiger partial charge in [0.05, 0.1) is 5.52 Å². The fourth-order valence-corrected chi connectivity index (χ4v) is 2.02. The SMILES string of the molecule is CN(c1ccc2oc(=O)[nH]c2c1)C(C)(C)CCN. The normalized spacial score (nSPS) is 12.0. The van der Waals surface area contributed by atoms with Crippen molar-refractivity contribution in [3.63, 3.8) is 0 Å². The summed E-state index contributed by atoms with van der Waals surface area (Å²) >= 11 is 0. The van der Waals surface area contributed by atoms with E-state index in [2.05, 4.69) is 23.7 Å². The molecule has 0 unspecified atom stereocenters. The summed E-state index contributed by atoms with van der Waals surface area (Å²) in [5, 5.41) is 0. The number of nitrogens with one attached hydrogen (secondary N) is 1. The average molecular weight is 249 g/mol. The highest BCUT2D eigenvalue weighted by Gasteiger charge is 2.23. The van der Waals surface area contributed by atoms with Crippen molar-refractivity contribution in [2.75, 3.05) is 18.5 Å². The number of hydrogen-bond acceptors (Lipinski definition) is 4. The van der Waals surface area contributed by atoms with Gasteiger partial charge in [-0.3, -0.25) is 4.98 Å². The maximum Gasteiger partial charge on any atom is 0.417 e. The van der Waals surface area contributed by atoms with Crippen LogP contribution in [0.4, 0.5) is 5.69 Å². The van der Waals surface area contributed by atoms with Crippen LogP contribution in [-0.2, 0) is 0 Å². The molecule has 0 fully saturated rings. The van der Waals surface area contributed by atoms with Gasteiger partial charge in [0, 0.05) is 18.3 Å². The first-order valence-corrected chi connectivity index (χ1v) is 6.01. The van der Waals surface area contributed by atoms with E-state index in [9.17, 15) is 4.79 Å². The topological polar surface area (TPSA) is 75.3 Å². The van der Waals surface area contributed by atoms with E-state index in [1.54, 1.807) is 6.07 Å². The molecule has 1 aromatic heterocycles. The Balaban J connectivity index is 2.38. The van der Waals surface area contributed by atoms with Crippen LogP contribution in [0.25, 0.3) is 11.1 Å². The van der Waals surface area contributed by atoms with E-state index >= 15 is 0 Å². The molecule has 0 atom stereocenters. The lowest BCUT2D eigenvalue weighted by molar-refractivity contribution is 0.456. The minimum Gasteiger partial charge on any atom is -0.408 e. The van der Waals surface area contributed by atoms with E-state index in [1.165, 1.54) is 0 Å². The van der Waals surface area contributed by atoms with Gasteiger partial charge < -0.3 is 15.1 Å². The lowest BCUT2D eigenvalue weighted by Gasteiger charge is -2.37. The zero-order valence-electron chi connectivity index (χ0n) is 11.0. The molecule has 0 bridgehead atoms. The smallest absolute Gasteiger partial charge is 0.408 e. The molecule has 5 nitrogen and oxygen atoms in total. The van der Waals surface area contributed by atoms with Crippen molar-refractivity contribution in [3.8, 4) is 0 Å². The Labute approximate surface area is 106 Å². The summed E-state index contributed by atoms with van der Waals surface area (Å²) in [6.45, 7) is 4.92. The molecule has 2 aromatic rings. The summed E-state index contributed by atoms with van der Waals surface area (Å²) in [6.07, 6.45) is 0.892. The minimum absolute atomic E-state index is 0.0353. The molecule has 5 heteroatoms. The van der Waals surface area contributed by atoms with Crippen molar-refractivity contribution >= 4 is 16.8 Å². The lowest BCUT2D eigenvalue weighted by atomic mass is 9.98. The second kappa shape index (κ2) is 4.49. The summed E-state index contributed by atoms with van der Waals surface area (Å²) in [5.41, 5.74) is 7.92. The monoisotopic (exact) mass is 249 g/mol. The van der Waals surface area contributed by atoms with E-state index in [1.807, 2.05) is 19.2 Å². The van der Waals surface area contributed by atoms with E-state index in [0.29, 0.717) is 17.6 Å². The number of oxazole rings is 1. The van der Waals surface area contributed by atoms with Crippen LogP contribution >= 0.6 is 0 Å². The Hall–Kier alpha value is -1.75. The quantitative estimate of drug-likeness (QED) is 0.864. The molecule has 2 rings (SSSR count). The van der Waals surface area contributed by atoms with Crippen LogP contribution in [0.2, 0.25) is 0 Å². The summed E-state index contributed by atoms with van der Waals surface area (Å²) < 4.78 is 4.99. The van der Waals surface area contributed by atoms with Gasteiger partial charge in [-0.1, -0.05) is 0 Å². The Morgan fingerprint density at radius 2 is 2.17 bits per heavy atom. The molecule has 1 heterocycles. The zero-order valence-corrected chi connectivity index (χ0v) is 11.0. The molecule has 18 heavy (non-hydrogen) atoms. The number of hydrogen-bond donors (Lipinski definition) is 2. The first kappa shape index (κ1) is 12.7. The lowest BCUT2D eigenvalue weighted by Crippen LogP contribution is -2.42. The van der Waals surface area contributed by atoms with E-state index < -0.39 is 5.76 Å². The van der Waals surface area contributed by atoms with Gasteiger partial charge in [-0.05, 0) is 45.0 Å². The maximum absolute atomic E-state index is 11.1. The zero-order chi connectivity index (χ0) is 13.3. The van der Waals surface area contributed by atoms with Crippen LogP contribution in [0.15, 0.2) is 27.4 Å². The fourth-order valence-electron chi connectivity index (χ4n) is 2.02. The van der Waals surface area contributed by atoms with E-state index in [4.69, 9.17) is 10.2 Å². The number of nitrogens with zero attached hydrogens (tertiary/aromatic N) is 1. The van der Waals surface area contributed by atoms with Crippen molar-refractivity contribution in [2.45, 2.75) is 25.8 Å². The number of aromatic amines is 1. The van der Waals surface area contributed by atoms with E-state index in [-0.39, 0.29) is 5.54 Å². The molecule has 0 saturated carbocycles. The summed E-state index contributed by atoms with van der Waals surface area (Å²) in [5.74, 6) is -0.425. The molecule has 1 aromatic carbocycles. The standard InChI is InChI=1S/C13H19N3O2/c1-13(2,6-7-14)16(3)9-4-5-11-10(8-9)15-12(17)18-11/h4-5,8H,6-7,14H2,1-3H3,(H,15,17). The molecule has 0 amide bonds. The van der Waals surface area contributed by atoms with Crippen LogP contribution < -0.4 is 16.4 Å². The first-order valence-electron chi connectivity index (χ1n) is 6.01. The minimum atomic E-state index is -0.425. The van der Waals surface area contributed by atoms with E-state index in [0.717, 1.165) is 12.1 Å². The predicted molar refractivity (Wildman–Crippen MR) is 73.0 cm³/mol. The molecule has 0 aliphatic carbocycles. The van der Waals surface area contributed by atoms with Gasteiger partial charge >= 0.3 is 5.76 Å². The molecule has 3 N–H and O–H groups in total. The Bertz CT molecular complexity index is 598. The number of aromatic nitrogens is 1. The third-order valence-electron chi connectivity index (χ3n) is 3.45. The molecule has 0 radical (unpaired) electrons. The molecule has 0 saturated heterocycles. The number of benzene rings is 1. The highest BCUT2D eigenvalue weighted by Crippen LogP contribution is 2.26. The second-order valence-electron chi connectivity index (χ2n) is 5.11. The van der Waals surface area contributed by atoms with Crippen molar-refractivity contribution in [1.82, 2.24) is 4.98 Å². The molecule has 0 aliphatic heterocycles. The van der Waals surface area contributed by atoms with Crippen molar-refractivity contribution in [2.24, 2.45) is 5.73 Å². The summed E-state index contributed by atoms with van der Waals surface area (Å²) in [7, 11) is 2.02. The van der Waals surface area contributed by atoms with Gasteiger partial charge in [0.1, 0.15) is 0 Å².